The van der Waals surface area contributed by atoms with Crippen molar-refractivity contribution in [3.8, 4) is 5.75 Å². The molecule has 0 radical (unpaired) electrons. The number of hydrogen-bond donors (Lipinski definition) is 0. The number of hydrogen-bond acceptors (Lipinski definition) is 5. The Balaban J connectivity index is 1.62. The number of piperidine rings is 1. The second-order valence-electron chi connectivity index (χ2n) is 5.40. The fourth-order valence-corrected chi connectivity index (χ4v) is 2.79. The van der Waals surface area contributed by atoms with Crippen molar-refractivity contribution in [1.29, 1.82) is 0 Å². The van der Waals surface area contributed by atoms with E-state index in [0.717, 1.165) is 43.2 Å². The largest absolute Gasteiger partial charge is 0.497 e. The van der Waals surface area contributed by atoms with E-state index in [9.17, 15) is 4.79 Å². The molecule has 1 aliphatic rings. The molecule has 2 aromatic rings. The van der Waals surface area contributed by atoms with Gasteiger partial charge in [-0.05, 0) is 43.2 Å². The molecular weight excluding hydrogens is 278 g/mol. The van der Waals surface area contributed by atoms with Crippen LogP contribution in [0.1, 0.15) is 23.2 Å². The third-order valence-electron chi connectivity index (χ3n) is 4.08. The first-order valence-electron chi connectivity index (χ1n) is 7.48. The summed E-state index contributed by atoms with van der Waals surface area (Å²) in [4.78, 5) is 23.2. The van der Waals surface area contributed by atoms with E-state index >= 15 is 0 Å². The molecule has 5 nitrogen and oxygen atoms in total. The molecule has 1 aromatic carbocycles. The number of rotatable bonds is 4. The highest BCUT2D eigenvalue weighted by Crippen LogP contribution is 2.24. The molecule has 5 heteroatoms. The molecule has 0 bridgehead atoms. The summed E-state index contributed by atoms with van der Waals surface area (Å²) < 4.78 is 5.13. The molecule has 2 heterocycles. The summed E-state index contributed by atoms with van der Waals surface area (Å²) >= 11 is 0. The summed E-state index contributed by atoms with van der Waals surface area (Å²) in [5.41, 5.74) is 0.759. The normalized spacial score (nSPS) is 15.6. The van der Waals surface area contributed by atoms with Crippen LogP contribution in [0.5, 0.6) is 5.75 Å². The smallest absolute Gasteiger partial charge is 0.225 e. The third kappa shape index (κ3) is 3.08. The van der Waals surface area contributed by atoms with Crippen LogP contribution in [0.3, 0.4) is 0 Å². The van der Waals surface area contributed by atoms with Crippen LogP contribution in [0.2, 0.25) is 0 Å². The number of ketones is 1. The second kappa shape index (κ2) is 6.56. The van der Waals surface area contributed by atoms with Crippen LogP contribution >= 0.6 is 0 Å². The predicted molar refractivity (Wildman–Crippen MR) is 84.3 cm³/mol. The molecule has 1 aliphatic heterocycles. The number of methoxy groups -OCH3 is 1. The van der Waals surface area contributed by atoms with E-state index in [1.165, 1.54) is 0 Å². The van der Waals surface area contributed by atoms with Crippen LogP contribution in [-0.4, -0.2) is 36.0 Å². The standard InChI is InChI=1S/C17H19N3O2/c1-22-15-5-3-13(4-6-15)16(21)14-7-11-20(12-8-14)17-18-9-2-10-19-17/h2-6,9-10,14H,7-8,11-12H2,1H3. The van der Waals surface area contributed by atoms with E-state index in [2.05, 4.69) is 14.9 Å². The van der Waals surface area contributed by atoms with Gasteiger partial charge in [0.1, 0.15) is 5.75 Å². The zero-order valence-corrected chi connectivity index (χ0v) is 12.6. The number of anilines is 1. The molecule has 0 amide bonds. The second-order valence-corrected chi connectivity index (χ2v) is 5.40. The molecule has 1 aromatic heterocycles. The Kier molecular flexibility index (Phi) is 4.32. The number of carbonyl (C=O) groups is 1. The van der Waals surface area contributed by atoms with Gasteiger partial charge in [-0.1, -0.05) is 0 Å². The van der Waals surface area contributed by atoms with Crippen molar-refractivity contribution in [2.45, 2.75) is 12.8 Å². The molecule has 0 saturated carbocycles. The fourth-order valence-electron chi connectivity index (χ4n) is 2.79. The van der Waals surface area contributed by atoms with E-state index in [-0.39, 0.29) is 11.7 Å². The zero-order chi connectivity index (χ0) is 15.4. The van der Waals surface area contributed by atoms with Gasteiger partial charge in [-0.15, -0.1) is 0 Å². The minimum atomic E-state index is 0.0772. The molecule has 0 N–H and O–H groups in total. The summed E-state index contributed by atoms with van der Waals surface area (Å²) in [5.74, 6) is 1.81. The maximum Gasteiger partial charge on any atom is 0.225 e. The average Bonchev–Trinajstić information content (AvgIpc) is 2.62. The lowest BCUT2D eigenvalue weighted by Crippen LogP contribution is -2.37. The van der Waals surface area contributed by atoms with Gasteiger partial charge >= 0.3 is 0 Å². The summed E-state index contributed by atoms with van der Waals surface area (Å²) in [5, 5.41) is 0. The van der Waals surface area contributed by atoms with Crippen molar-refractivity contribution in [1.82, 2.24) is 9.97 Å². The topological polar surface area (TPSA) is 55.3 Å². The molecular formula is C17H19N3O2. The maximum atomic E-state index is 12.6. The van der Waals surface area contributed by atoms with Gasteiger partial charge in [-0.2, -0.15) is 0 Å². The Hall–Kier alpha value is -2.43. The number of benzene rings is 1. The number of nitrogens with zero attached hydrogens (tertiary/aromatic N) is 3. The highest BCUT2D eigenvalue weighted by atomic mass is 16.5. The van der Waals surface area contributed by atoms with Gasteiger partial charge in [0.25, 0.3) is 0 Å². The molecule has 1 saturated heterocycles. The lowest BCUT2D eigenvalue weighted by atomic mass is 9.89. The number of carbonyl (C=O) groups excluding carboxylic acids is 1. The summed E-state index contributed by atoms with van der Waals surface area (Å²) in [6, 6.07) is 9.16. The van der Waals surface area contributed by atoms with E-state index < -0.39 is 0 Å². The predicted octanol–water partition coefficient (Wildman–Crippen LogP) is 2.58. The molecule has 22 heavy (non-hydrogen) atoms. The van der Waals surface area contributed by atoms with Gasteiger partial charge in [-0.25, -0.2) is 9.97 Å². The minimum absolute atomic E-state index is 0.0772. The highest BCUT2D eigenvalue weighted by Gasteiger charge is 2.26. The number of Topliss-reactive ketones (excluding diaryl/α,β-unsaturated/α-hetero) is 1. The van der Waals surface area contributed by atoms with E-state index in [1.54, 1.807) is 19.5 Å². The molecule has 0 spiro atoms. The maximum absolute atomic E-state index is 12.6. The molecule has 0 aliphatic carbocycles. The summed E-state index contributed by atoms with van der Waals surface area (Å²) in [6.07, 6.45) is 5.17. The van der Waals surface area contributed by atoms with E-state index in [1.807, 2.05) is 30.3 Å². The van der Waals surface area contributed by atoms with Gasteiger partial charge in [0.2, 0.25) is 5.95 Å². The van der Waals surface area contributed by atoms with Crippen LogP contribution in [0.25, 0.3) is 0 Å². The van der Waals surface area contributed by atoms with Crippen molar-refractivity contribution in [3.63, 3.8) is 0 Å². The first kappa shape index (κ1) is 14.5. The van der Waals surface area contributed by atoms with Crippen molar-refractivity contribution >= 4 is 11.7 Å². The van der Waals surface area contributed by atoms with Gasteiger partial charge in [-0.3, -0.25) is 4.79 Å². The third-order valence-corrected chi connectivity index (χ3v) is 4.08. The van der Waals surface area contributed by atoms with Crippen LogP contribution in [0.4, 0.5) is 5.95 Å². The monoisotopic (exact) mass is 297 g/mol. The molecule has 0 atom stereocenters. The minimum Gasteiger partial charge on any atom is -0.497 e. The molecule has 3 rings (SSSR count). The quantitative estimate of drug-likeness (QED) is 0.812. The average molecular weight is 297 g/mol. The van der Waals surface area contributed by atoms with E-state index in [4.69, 9.17) is 4.74 Å². The van der Waals surface area contributed by atoms with Gasteiger partial charge in [0, 0.05) is 37.0 Å². The lowest BCUT2D eigenvalue weighted by Gasteiger charge is -2.31. The fraction of sp³-hybridized carbons (Fsp3) is 0.353. The Morgan fingerprint density at radius 3 is 2.36 bits per heavy atom. The SMILES string of the molecule is COc1ccc(C(=O)C2CCN(c3ncccn3)CC2)cc1. The van der Waals surface area contributed by atoms with Crippen molar-refractivity contribution < 1.29 is 9.53 Å². The van der Waals surface area contributed by atoms with Crippen molar-refractivity contribution in [2.24, 2.45) is 5.92 Å². The Morgan fingerprint density at radius 2 is 1.77 bits per heavy atom. The highest BCUT2D eigenvalue weighted by molar-refractivity contribution is 5.98. The van der Waals surface area contributed by atoms with Crippen LogP contribution in [-0.2, 0) is 0 Å². The van der Waals surface area contributed by atoms with Gasteiger partial charge in [0.05, 0.1) is 7.11 Å². The van der Waals surface area contributed by atoms with Crippen molar-refractivity contribution in [3.05, 3.63) is 48.3 Å². The zero-order valence-electron chi connectivity index (χ0n) is 12.6. The van der Waals surface area contributed by atoms with Gasteiger partial charge < -0.3 is 9.64 Å². The summed E-state index contributed by atoms with van der Waals surface area (Å²) in [7, 11) is 1.62. The number of aromatic nitrogens is 2. The molecule has 1 fully saturated rings. The van der Waals surface area contributed by atoms with Crippen LogP contribution < -0.4 is 9.64 Å². The number of ether oxygens (including phenoxy) is 1. The summed E-state index contributed by atoms with van der Waals surface area (Å²) in [6.45, 7) is 1.63. The Bertz CT molecular complexity index is 620. The Labute approximate surface area is 130 Å². The lowest BCUT2D eigenvalue weighted by molar-refractivity contribution is 0.0900. The molecule has 0 unspecified atom stereocenters. The van der Waals surface area contributed by atoms with Crippen LogP contribution in [0.15, 0.2) is 42.7 Å². The first-order chi connectivity index (χ1) is 10.8. The van der Waals surface area contributed by atoms with Crippen LogP contribution in [0, 0.1) is 5.92 Å². The van der Waals surface area contributed by atoms with E-state index in [0.29, 0.717) is 0 Å². The molecule has 114 valence electrons. The first-order valence-corrected chi connectivity index (χ1v) is 7.48. The van der Waals surface area contributed by atoms with Gasteiger partial charge in [0.15, 0.2) is 5.78 Å². The van der Waals surface area contributed by atoms with Crippen molar-refractivity contribution in [2.75, 3.05) is 25.1 Å². The Morgan fingerprint density at radius 1 is 1.14 bits per heavy atom.